The van der Waals surface area contributed by atoms with Crippen LogP contribution in [-0.2, 0) is 42.6 Å². The fraction of sp³-hybridized carbons (Fsp3) is 0.333. The van der Waals surface area contributed by atoms with Crippen molar-refractivity contribution in [3.63, 3.8) is 0 Å². The van der Waals surface area contributed by atoms with Crippen molar-refractivity contribution >= 4 is 98.4 Å². The summed E-state index contributed by atoms with van der Waals surface area (Å²) < 4.78 is 42.7. The van der Waals surface area contributed by atoms with Gasteiger partial charge in [0.05, 0.1) is 19.8 Å². The van der Waals surface area contributed by atoms with Crippen LogP contribution in [0.1, 0.15) is 33.0 Å². The van der Waals surface area contributed by atoms with Crippen LogP contribution in [0.3, 0.4) is 0 Å². The fourth-order valence-corrected chi connectivity index (χ4v) is 5.06. The smallest absolute Gasteiger partial charge is 0.380 e. The number of alkyl halides is 2. The minimum atomic E-state index is -3.39. The van der Waals surface area contributed by atoms with Crippen LogP contribution >= 0.6 is 98.4 Å². The maximum atomic E-state index is 12.3. The Bertz CT molecular complexity index is 1240. The van der Waals surface area contributed by atoms with Crippen molar-refractivity contribution in [2.45, 2.75) is 34.7 Å². The number of nitrogens with one attached hydrogen (secondary N) is 2. The first-order valence-corrected chi connectivity index (χ1v) is 22.7. The fourth-order valence-electron chi connectivity index (χ4n) is 2.57. The highest BCUT2D eigenvalue weighted by Crippen LogP contribution is 2.61. The van der Waals surface area contributed by atoms with E-state index < -0.39 is 18.9 Å². The molecule has 0 saturated carbocycles. The van der Waals surface area contributed by atoms with Crippen molar-refractivity contribution in [2.75, 3.05) is 24.8 Å². The van der Waals surface area contributed by atoms with Crippen molar-refractivity contribution in [1.29, 1.82) is 0 Å². The molecule has 0 fully saturated rings. The Balaban J connectivity index is -0.000000177. The molecule has 3 aromatic carbocycles. The van der Waals surface area contributed by atoms with Gasteiger partial charge in [0.25, 0.3) is 0 Å². The summed E-state index contributed by atoms with van der Waals surface area (Å²) in [6, 6.07) is 28.3. The number of hydrogen-bond acceptors (Lipinski definition) is 6. The largest absolute Gasteiger partial charge is 0.392 e. The predicted octanol–water partition coefficient (Wildman–Crippen LogP) is 12.4. The Hall–Kier alpha value is 0.110. The van der Waals surface area contributed by atoms with Gasteiger partial charge in [0.15, 0.2) is 0 Å². The van der Waals surface area contributed by atoms with Gasteiger partial charge in [-0.25, -0.2) is 10.2 Å². The molecular formula is C27H43Cl7FN2O6P3. The number of aliphatic hydroxyl groups is 1. The molecule has 0 aliphatic heterocycles. The third-order valence-electron chi connectivity index (χ3n) is 4.33. The third-order valence-corrected chi connectivity index (χ3v) is 7.50. The first-order chi connectivity index (χ1) is 20.2. The Kier molecular flexibility index (Phi) is 35.8. The molecule has 0 radical (unpaired) electrons. The normalized spacial score (nSPS) is 10.4. The van der Waals surface area contributed by atoms with Crippen molar-refractivity contribution in [3.8, 4) is 0 Å². The number of halogens is 8. The van der Waals surface area contributed by atoms with Crippen LogP contribution in [-0.4, -0.2) is 30.0 Å². The van der Waals surface area contributed by atoms with Crippen molar-refractivity contribution in [2.24, 2.45) is 0 Å². The van der Waals surface area contributed by atoms with Gasteiger partial charge in [-0.05, 0) is 72.9 Å². The molecule has 3 N–H and O–H groups in total. The Morgan fingerprint density at radius 1 is 0.609 bits per heavy atom. The lowest BCUT2D eigenvalue weighted by molar-refractivity contribution is 0.282. The molecule has 0 atom stereocenters. The first-order valence-electron chi connectivity index (χ1n) is 12.1. The van der Waals surface area contributed by atoms with Crippen LogP contribution < -0.4 is 10.2 Å². The van der Waals surface area contributed by atoms with E-state index in [-0.39, 0.29) is 40.8 Å². The highest BCUT2D eigenvalue weighted by molar-refractivity contribution is 8.24. The number of aliphatic hydroxyl groups excluding tert-OH is 1. The van der Waals surface area contributed by atoms with E-state index in [2.05, 4.69) is 43.9 Å². The van der Waals surface area contributed by atoms with Crippen LogP contribution in [0.4, 0.5) is 4.70 Å². The molecule has 0 aromatic heterocycles. The van der Waals surface area contributed by atoms with E-state index in [1.54, 1.807) is 0 Å². The molecule has 19 heteroatoms. The number of benzene rings is 3. The van der Waals surface area contributed by atoms with Gasteiger partial charge in [0.2, 0.25) is 0 Å². The minimum Gasteiger partial charge on any atom is -0.392 e. The average molecular weight is 852 g/mol. The monoisotopic (exact) mass is 848 g/mol. The van der Waals surface area contributed by atoms with E-state index in [4.69, 9.17) is 59.8 Å². The van der Waals surface area contributed by atoms with Crippen LogP contribution in [0.15, 0.2) is 91.0 Å². The topological polar surface area (TPSA) is 114 Å². The molecule has 8 nitrogen and oxygen atoms in total. The van der Waals surface area contributed by atoms with Crippen LogP contribution in [0, 0.1) is 0 Å². The van der Waals surface area contributed by atoms with Gasteiger partial charge < -0.3 is 14.2 Å². The van der Waals surface area contributed by atoms with Gasteiger partial charge in [-0.3, -0.25) is 18.4 Å². The second-order valence-corrected chi connectivity index (χ2v) is 21.4. The minimum absolute atomic E-state index is 0. The first kappa shape index (κ1) is 52.9. The molecular weight excluding hydrogens is 808 g/mol. The van der Waals surface area contributed by atoms with Gasteiger partial charge in [0, 0.05) is 26.3 Å². The highest BCUT2D eigenvalue weighted by atomic mass is 36.0. The van der Waals surface area contributed by atoms with Crippen LogP contribution in [0.25, 0.3) is 0 Å². The molecule has 0 unspecified atom stereocenters. The quantitative estimate of drug-likeness (QED) is 0.115. The molecule has 0 spiro atoms. The van der Waals surface area contributed by atoms with Crippen molar-refractivity contribution < 1.29 is 34.0 Å². The third kappa shape index (κ3) is 35.4. The zero-order valence-corrected chi connectivity index (χ0v) is 31.0. The molecule has 3 aromatic rings. The van der Waals surface area contributed by atoms with E-state index in [1.165, 1.54) is 0 Å². The molecule has 0 aliphatic carbocycles. The molecule has 0 bridgehead atoms. The summed E-state index contributed by atoms with van der Waals surface area (Å²) in [4.78, 5) is 0. The second kappa shape index (κ2) is 31.1. The lowest BCUT2D eigenvalue weighted by atomic mass is 10.2. The Labute approximate surface area is 307 Å². The summed E-state index contributed by atoms with van der Waals surface area (Å²) in [7, 11) is -3.09. The molecule has 46 heavy (non-hydrogen) atoms. The summed E-state index contributed by atoms with van der Waals surface area (Å²) in [5.74, 6) is 0.725. The summed E-state index contributed by atoms with van der Waals surface area (Å²) in [6.07, 6.45) is -3.39. The summed E-state index contributed by atoms with van der Waals surface area (Å²) in [5.41, 5.74) is 2.81. The maximum Gasteiger partial charge on any atom is 0.380 e. The van der Waals surface area contributed by atoms with Crippen LogP contribution in [0.2, 0.25) is 0 Å². The summed E-state index contributed by atoms with van der Waals surface area (Å²) in [5, 5.41) is 10.9. The molecule has 268 valence electrons. The van der Waals surface area contributed by atoms with Crippen molar-refractivity contribution in [3.05, 3.63) is 108 Å². The summed E-state index contributed by atoms with van der Waals surface area (Å²) in [6.45, 7) is 1.39. The molecule has 0 aliphatic rings. The Morgan fingerprint density at radius 2 is 0.913 bits per heavy atom. The molecule has 0 heterocycles. The van der Waals surface area contributed by atoms with E-state index >= 15 is 0 Å². The van der Waals surface area contributed by atoms with Gasteiger partial charge in [-0.2, -0.15) is 0 Å². The van der Waals surface area contributed by atoms with Gasteiger partial charge in [-0.1, -0.05) is 106 Å². The number of rotatable bonds is 13. The zero-order chi connectivity index (χ0) is 32.6. The molecule has 3 rings (SSSR count). The lowest BCUT2D eigenvalue weighted by Gasteiger charge is -2.19. The van der Waals surface area contributed by atoms with E-state index in [0.29, 0.717) is 24.8 Å². The van der Waals surface area contributed by atoms with E-state index in [0.717, 1.165) is 16.7 Å². The maximum absolute atomic E-state index is 12.3. The van der Waals surface area contributed by atoms with Gasteiger partial charge >= 0.3 is 18.9 Å². The lowest BCUT2D eigenvalue weighted by Crippen LogP contribution is -2.27. The predicted molar refractivity (Wildman–Crippen MR) is 202 cm³/mol. The SMILES string of the molecule is C.C.F.O=P(Cl)(Cl)Cl.O=P(Cl)(Cl)OCc1ccccc1.O=P(NCCCl)(NCCCl)OCc1ccccc1.OCc1ccccc1.[HH]. The molecule has 0 saturated heterocycles. The average Bonchev–Trinajstić information content (AvgIpc) is 2.98. The summed E-state index contributed by atoms with van der Waals surface area (Å²) >= 11 is 35.3. The highest BCUT2D eigenvalue weighted by Gasteiger charge is 2.21. The number of hydrogen-bond donors (Lipinski definition) is 3. The standard InChI is InChI=1S/C11H17Cl2N2O2P.C7H7Cl2O2P.C7H8O.2CH4.Cl3OP.FH.H2/c12-6-8-14-18(16,15-9-7-13)17-10-11-4-2-1-3-5-11;8-12(9,10)11-6-7-4-2-1-3-5-7;8-6-7-4-2-1-3-5-7;;;1-5(2,3)4;;/h1-5H,6-10H2,(H2,14,15,16);1-5H,6H2;1-5,8H,6H2;2*1H4;;2*1H. The molecule has 0 amide bonds. The second-order valence-electron chi connectivity index (χ2n) is 7.72. The van der Waals surface area contributed by atoms with Gasteiger partial charge in [0.1, 0.15) is 0 Å². The van der Waals surface area contributed by atoms with Crippen molar-refractivity contribution in [1.82, 2.24) is 10.2 Å². The zero-order valence-electron chi connectivity index (χ0n) is 23.0. The van der Waals surface area contributed by atoms with Crippen LogP contribution in [0.5, 0.6) is 0 Å². The van der Waals surface area contributed by atoms with Gasteiger partial charge in [-0.15, -0.1) is 23.2 Å². The Morgan fingerprint density at radius 3 is 1.17 bits per heavy atom. The van der Waals surface area contributed by atoms with E-state index in [1.807, 2.05) is 91.0 Å². The van der Waals surface area contributed by atoms with E-state index in [9.17, 15) is 13.7 Å².